The standard InChI is InChI=1S/C11H16N4O/c1-3-16-8-10-7-11(14-9-13-10)15(2)6-4-5-12/h7,9H,3-4,6,8H2,1-2H3. The summed E-state index contributed by atoms with van der Waals surface area (Å²) in [4.78, 5) is 10.2. The van der Waals surface area contributed by atoms with E-state index in [2.05, 4.69) is 16.0 Å². The minimum absolute atomic E-state index is 0.487. The highest BCUT2D eigenvalue weighted by Crippen LogP contribution is 2.09. The fourth-order valence-electron chi connectivity index (χ4n) is 1.21. The Morgan fingerprint density at radius 2 is 2.31 bits per heavy atom. The fourth-order valence-corrected chi connectivity index (χ4v) is 1.21. The van der Waals surface area contributed by atoms with E-state index in [-0.39, 0.29) is 0 Å². The molecule has 86 valence electrons. The monoisotopic (exact) mass is 220 g/mol. The molecule has 1 aromatic heterocycles. The molecule has 1 aromatic rings. The normalized spacial score (nSPS) is 9.81. The molecule has 16 heavy (non-hydrogen) atoms. The molecule has 1 rings (SSSR count). The number of anilines is 1. The summed E-state index contributed by atoms with van der Waals surface area (Å²) >= 11 is 0. The summed E-state index contributed by atoms with van der Waals surface area (Å²) in [6, 6.07) is 3.99. The lowest BCUT2D eigenvalue weighted by atomic mass is 10.3. The van der Waals surface area contributed by atoms with Crippen molar-refractivity contribution in [3.63, 3.8) is 0 Å². The van der Waals surface area contributed by atoms with Crippen LogP contribution in [0.3, 0.4) is 0 Å². The molecule has 0 aliphatic rings. The van der Waals surface area contributed by atoms with Gasteiger partial charge in [-0.2, -0.15) is 5.26 Å². The van der Waals surface area contributed by atoms with Crippen molar-refractivity contribution in [2.75, 3.05) is 25.1 Å². The van der Waals surface area contributed by atoms with E-state index < -0.39 is 0 Å². The van der Waals surface area contributed by atoms with Gasteiger partial charge in [0.2, 0.25) is 0 Å². The third-order valence-corrected chi connectivity index (χ3v) is 2.11. The van der Waals surface area contributed by atoms with E-state index in [0.29, 0.717) is 26.2 Å². The van der Waals surface area contributed by atoms with Crippen LogP contribution in [0.15, 0.2) is 12.4 Å². The van der Waals surface area contributed by atoms with E-state index in [0.717, 1.165) is 11.5 Å². The van der Waals surface area contributed by atoms with Crippen molar-refractivity contribution < 1.29 is 4.74 Å². The number of rotatable bonds is 6. The van der Waals surface area contributed by atoms with Crippen LogP contribution in [-0.2, 0) is 11.3 Å². The van der Waals surface area contributed by atoms with E-state index in [4.69, 9.17) is 10.00 Å². The predicted molar refractivity (Wildman–Crippen MR) is 60.9 cm³/mol. The van der Waals surface area contributed by atoms with Crippen molar-refractivity contribution in [1.82, 2.24) is 9.97 Å². The SMILES string of the molecule is CCOCc1cc(N(C)CCC#N)ncn1. The van der Waals surface area contributed by atoms with Gasteiger partial charge in [0.05, 0.1) is 24.8 Å². The van der Waals surface area contributed by atoms with Crippen molar-refractivity contribution >= 4 is 5.82 Å². The molecule has 0 saturated heterocycles. The maximum absolute atomic E-state index is 8.50. The van der Waals surface area contributed by atoms with E-state index >= 15 is 0 Å². The van der Waals surface area contributed by atoms with Gasteiger partial charge in [-0.25, -0.2) is 9.97 Å². The second-order valence-corrected chi connectivity index (χ2v) is 3.33. The van der Waals surface area contributed by atoms with Crippen LogP contribution in [0.25, 0.3) is 0 Å². The number of ether oxygens (including phenoxy) is 1. The first-order valence-corrected chi connectivity index (χ1v) is 5.24. The summed E-state index contributed by atoms with van der Waals surface area (Å²) in [5.41, 5.74) is 0.857. The Bertz CT molecular complexity index is 361. The molecule has 0 spiro atoms. The first-order chi connectivity index (χ1) is 7.77. The molecule has 5 heteroatoms. The molecule has 0 aromatic carbocycles. The highest BCUT2D eigenvalue weighted by molar-refractivity contribution is 5.37. The largest absolute Gasteiger partial charge is 0.375 e. The zero-order chi connectivity index (χ0) is 11.8. The number of nitriles is 1. The van der Waals surface area contributed by atoms with Gasteiger partial charge in [-0.15, -0.1) is 0 Å². The second kappa shape index (κ2) is 6.75. The number of hydrogen-bond acceptors (Lipinski definition) is 5. The quantitative estimate of drug-likeness (QED) is 0.724. The molecule has 0 fully saturated rings. The van der Waals surface area contributed by atoms with Crippen molar-refractivity contribution in [3.8, 4) is 6.07 Å². The lowest BCUT2D eigenvalue weighted by Gasteiger charge is -2.16. The molecular weight excluding hydrogens is 204 g/mol. The van der Waals surface area contributed by atoms with E-state index in [1.807, 2.05) is 24.9 Å². The van der Waals surface area contributed by atoms with Gasteiger partial charge in [0.25, 0.3) is 0 Å². The van der Waals surface area contributed by atoms with Gasteiger partial charge in [0.15, 0.2) is 0 Å². The van der Waals surface area contributed by atoms with Crippen LogP contribution in [-0.4, -0.2) is 30.2 Å². The summed E-state index contributed by atoms with van der Waals surface area (Å²) < 4.78 is 5.27. The molecule has 0 radical (unpaired) electrons. The molecule has 0 unspecified atom stereocenters. The molecule has 0 bridgehead atoms. The van der Waals surface area contributed by atoms with Gasteiger partial charge in [0.1, 0.15) is 12.1 Å². The maximum atomic E-state index is 8.50. The van der Waals surface area contributed by atoms with Crippen molar-refractivity contribution in [2.45, 2.75) is 20.0 Å². The molecule has 0 saturated carbocycles. The topological polar surface area (TPSA) is 62.0 Å². The van der Waals surface area contributed by atoms with Crippen molar-refractivity contribution in [3.05, 3.63) is 18.1 Å². The Morgan fingerprint density at radius 1 is 1.50 bits per heavy atom. The second-order valence-electron chi connectivity index (χ2n) is 3.33. The average Bonchev–Trinajstić information content (AvgIpc) is 2.33. The summed E-state index contributed by atoms with van der Waals surface area (Å²) in [6.07, 6.45) is 2.01. The zero-order valence-corrected chi connectivity index (χ0v) is 9.68. The zero-order valence-electron chi connectivity index (χ0n) is 9.68. The third-order valence-electron chi connectivity index (χ3n) is 2.11. The third kappa shape index (κ3) is 3.83. The minimum Gasteiger partial charge on any atom is -0.375 e. The van der Waals surface area contributed by atoms with Gasteiger partial charge in [0, 0.05) is 26.3 Å². The predicted octanol–water partition coefficient (Wildman–Crippen LogP) is 1.36. The Balaban J connectivity index is 2.62. The molecule has 0 amide bonds. The molecule has 0 aliphatic carbocycles. The average molecular weight is 220 g/mol. The van der Waals surface area contributed by atoms with Gasteiger partial charge >= 0.3 is 0 Å². The summed E-state index contributed by atoms with van der Waals surface area (Å²) in [6.45, 7) is 3.78. The Morgan fingerprint density at radius 3 is 3.00 bits per heavy atom. The van der Waals surface area contributed by atoms with Crippen LogP contribution < -0.4 is 4.90 Å². The Labute approximate surface area is 95.7 Å². The highest BCUT2D eigenvalue weighted by atomic mass is 16.5. The Kier molecular flexibility index (Phi) is 5.23. The highest BCUT2D eigenvalue weighted by Gasteiger charge is 2.03. The fraction of sp³-hybridized carbons (Fsp3) is 0.545. The maximum Gasteiger partial charge on any atom is 0.132 e. The lowest BCUT2D eigenvalue weighted by molar-refractivity contribution is 0.131. The number of aromatic nitrogens is 2. The summed E-state index contributed by atoms with van der Waals surface area (Å²) in [5, 5.41) is 8.50. The van der Waals surface area contributed by atoms with E-state index in [9.17, 15) is 0 Å². The lowest BCUT2D eigenvalue weighted by Crippen LogP contribution is -2.19. The van der Waals surface area contributed by atoms with Crippen LogP contribution in [0.4, 0.5) is 5.82 Å². The van der Waals surface area contributed by atoms with E-state index in [1.54, 1.807) is 0 Å². The number of nitrogens with zero attached hydrogens (tertiary/aromatic N) is 4. The van der Waals surface area contributed by atoms with Crippen LogP contribution in [0.1, 0.15) is 19.0 Å². The van der Waals surface area contributed by atoms with Crippen LogP contribution in [0, 0.1) is 11.3 Å². The van der Waals surface area contributed by atoms with Crippen molar-refractivity contribution in [1.29, 1.82) is 5.26 Å². The molecule has 0 atom stereocenters. The molecule has 0 aliphatic heterocycles. The minimum atomic E-state index is 0.487. The first-order valence-electron chi connectivity index (χ1n) is 5.24. The summed E-state index contributed by atoms with van der Waals surface area (Å²) in [7, 11) is 1.91. The molecular formula is C11H16N4O. The molecule has 5 nitrogen and oxygen atoms in total. The van der Waals surface area contributed by atoms with Crippen LogP contribution in [0.2, 0.25) is 0 Å². The van der Waals surface area contributed by atoms with E-state index in [1.165, 1.54) is 6.33 Å². The van der Waals surface area contributed by atoms with Gasteiger partial charge < -0.3 is 9.64 Å². The molecule has 1 heterocycles. The smallest absolute Gasteiger partial charge is 0.132 e. The van der Waals surface area contributed by atoms with Crippen LogP contribution >= 0.6 is 0 Å². The van der Waals surface area contributed by atoms with Gasteiger partial charge in [-0.1, -0.05) is 0 Å². The Hall–Kier alpha value is -1.67. The number of hydrogen-bond donors (Lipinski definition) is 0. The molecule has 0 N–H and O–H groups in total. The van der Waals surface area contributed by atoms with Crippen molar-refractivity contribution in [2.24, 2.45) is 0 Å². The first kappa shape index (κ1) is 12.4. The summed E-state index contributed by atoms with van der Waals surface area (Å²) in [5.74, 6) is 0.819. The van der Waals surface area contributed by atoms with Gasteiger partial charge in [-0.05, 0) is 6.92 Å². The van der Waals surface area contributed by atoms with Crippen LogP contribution in [0.5, 0.6) is 0 Å². The van der Waals surface area contributed by atoms with Gasteiger partial charge in [-0.3, -0.25) is 0 Å².